The summed E-state index contributed by atoms with van der Waals surface area (Å²) in [5.41, 5.74) is 0.684. The molecule has 0 spiro atoms. The van der Waals surface area contributed by atoms with Crippen LogP contribution < -0.4 is 4.74 Å². The van der Waals surface area contributed by atoms with E-state index >= 15 is 0 Å². The Morgan fingerprint density at radius 2 is 1.83 bits per heavy atom. The summed E-state index contributed by atoms with van der Waals surface area (Å²) in [6.45, 7) is 2.89. The standard InChI is InChI=1S/C21H30O2/c1-2-3-4-6-18-8-10-19(11-9-18)7-5-16-23-21-14-12-20(17-22)13-15-21/h5,7,12-15,17-19H,2-4,6,8-11,16H2,1H3/b7-5+/t18-,19-. The summed E-state index contributed by atoms with van der Waals surface area (Å²) < 4.78 is 5.68. The lowest BCUT2D eigenvalue weighted by atomic mass is 9.79. The Balaban J connectivity index is 1.62. The van der Waals surface area contributed by atoms with Gasteiger partial charge in [0, 0.05) is 5.56 Å². The van der Waals surface area contributed by atoms with Gasteiger partial charge in [0.25, 0.3) is 0 Å². The van der Waals surface area contributed by atoms with Crippen LogP contribution in [0.5, 0.6) is 5.75 Å². The number of carbonyl (C=O) groups is 1. The van der Waals surface area contributed by atoms with Gasteiger partial charge in [-0.2, -0.15) is 0 Å². The van der Waals surface area contributed by atoms with E-state index in [2.05, 4.69) is 19.1 Å². The van der Waals surface area contributed by atoms with Crippen molar-refractivity contribution in [1.29, 1.82) is 0 Å². The van der Waals surface area contributed by atoms with Crippen LogP contribution in [0.1, 0.15) is 68.6 Å². The first-order valence-corrected chi connectivity index (χ1v) is 9.16. The predicted molar refractivity (Wildman–Crippen MR) is 96.1 cm³/mol. The SMILES string of the molecule is CCCCC[C@H]1CC[C@H](/C=C/COc2ccc(C=O)cc2)CC1. The lowest BCUT2D eigenvalue weighted by Gasteiger charge is -2.26. The van der Waals surface area contributed by atoms with Crippen molar-refractivity contribution in [1.82, 2.24) is 0 Å². The average Bonchev–Trinajstić information content (AvgIpc) is 2.61. The molecule has 2 heteroatoms. The largest absolute Gasteiger partial charge is 0.490 e. The monoisotopic (exact) mass is 314 g/mol. The lowest BCUT2D eigenvalue weighted by molar-refractivity contribution is 0.112. The Labute approximate surface area is 140 Å². The molecule has 0 aromatic heterocycles. The highest BCUT2D eigenvalue weighted by molar-refractivity contribution is 5.74. The first-order chi connectivity index (χ1) is 11.3. The molecule has 23 heavy (non-hydrogen) atoms. The molecule has 2 nitrogen and oxygen atoms in total. The van der Waals surface area contributed by atoms with E-state index in [1.165, 1.54) is 51.4 Å². The Hall–Kier alpha value is -1.57. The highest BCUT2D eigenvalue weighted by atomic mass is 16.5. The molecule has 0 aliphatic heterocycles. The van der Waals surface area contributed by atoms with Crippen molar-refractivity contribution in [2.24, 2.45) is 11.8 Å². The van der Waals surface area contributed by atoms with Gasteiger partial charge in [0.1, 0.15) is 18.6 Å². The number of unbranched alkanes of at least 4 members (excludes halogenated alkanes) is 2. The van der Waals surface area contributed by atoms with Crippen LogP contribution in [-0.4, -0.2) is 12.9 Å². The maximum atomic E-state index is 10.6. The summed E-state index contributed by atoms with van der Waals surface area (Å²) in [4.78, 5) is 10.6. The van der Waals surface area contributed by atoms with Crippen LogP contribution in [0.25, 0.3) is 0 Å². The Bertz CT molecular complexity index is 467. The molecular weight excluding hydrogens is 284 g/mol. The van der Waals surface area contributed by atoms with E-state index in [1.807, 2.05) is 12.1 Å². The van der Waals surface area contributed by atoms with Crippen LogP contribution in [-0.2, 0) is 0 Å². The number of hydrogen-bond acceptors (Lipinski definition) is 2. The Morgan fingerprint density at radius 1 is 1.09 bits per heavy atom. The normalized spacial score (nSPS) is 21.4. The first-order valence-electron chi connectivity index (χ1n) is 9.16. The molecule has 0 atom stereocenters. The minimum Gasteiger partial charge on any atom is -0.490 e. The predicted octanol–water partition coefficient (Wildman–Crippen LogP) is 5.82. The maximum absolute atomic E-state index is 10.6. The van der Waals surface area contributed by atoms with Crippen LogP contribution in [0.4, 0.5) is 0 Å². The van der Waals surface area contributed by atoms with Crippen LogP contribution in [0.15, 0.2) is 36.4 Å². The van der Waals surface area contributed by atoms with Gasteiger partial charge in [-0.1, -0.05) is 44.8 Å². The van der Waals surface area contributed by atoms with E-state index in [9.17, 15) is 4.79 Å². The van der Waals surface area contributed by atoms with Gasteiger partial charge in [-0.05, 0) is 61.8 Å². The van der Waals surface area contributed by atoms with Crippen molar-refractivity contribution >= 4 is 6.29 Å². The fourth-order valence-electron chi connectivity index (χ4n) is 3.39. The van der Waals surface area contributed by atoms with E-state index in [1.54, 1.807) is 12.1 Å². The zero-order valence-electron chi connectivity index (χ0n) is 14.4. The summed E-state index contributed by atoms with van der Waals surface area (Å²) in [6, 6.07) is 7.26. The molecule has 1 aromatic rings. The fraction of sp³-hybridized carbons (Fsp3) is 0.571. The molecule has 0 bridgehead atoms. The van der Waals surface area contributed by atoms with Crippen molar-refractivity contribution in [2.75, 3.05) is 6.61 Å². The Kier molecular flexibility index (Phi) is 7.92. The van der Waals surface area contributed by atoms with E-state index in [0.29, 0.717) is 12.2 Å². The van der Waals surface area contributed by atoms with E-state index in [4.69, 9.17) is 4.74 Å². The molecule has 1 saturated carbocycles. The molecule has 0 saturated heterocycles. The number of rotatable bonds is 9. The van der Waals surface area contributed by atoms with E-state index in [0.717, 1.165) is 23.9 Å². The summed E-state index contributed by atoms with van der Waals surface area (Å²) in [5.74, 6) is 2.53. The van der Waals surface area contributed by atoms with Crippen LogP contribution in [0, 0.1) is 11.8 Å². The van der Waals surface area contributed by atoms with Crippen molar-refractivity contribution < 1.29 is 9.53 Å². The quantitative estimate of drug-likeness (QED) is 0.326. The van der Waals surface area contributed by atoms with E-state index in [-0.39, 0.29) is 0 Å². The third-order valence-corrected chi connectivity index (χ3v) is 4.88. The molecule has 1 aliphatic carbocycles. The van der Waals surface area contributed by atoms with Gasteiger partial charge in [-0.3, -0.25) is 4.79 Å². The molecule has 1 fully saturated rings. The minimum absolute atomic E-state index is 0.608. The van der Waals surface area contributed by atoms with Gasteiger partial charge in [0.15, 0.2) is 0 Å². The fourth-order valence-corrected chi connectivity index (χ4v) is 3.39. The Morgan fingerprint density at radius 3 is 2.48 bits per heavy atom. The molecule has 0 unspecified atom stereocenters. The second-order valence-corrected chi connectivity index (χ2v) is 6.70. The topological polar surface area (TPSA) is 26.3 Å². The molecular formula is C21H30O2. The smallest absolute Gasteiger partial charge is 0.150 e. The van der Waals surface area contributed by atoms with Gasteiger partial charge in [-0.15, -0.1) is 0 Å². The number of carbonyl (C=O) groups excluding carboxylic acids is 1. The van der Waals surface area contributed by atoms with Crippen LogP contribution in [0.2, 0.25) is 0 Å². The molecule has 0 amide bonds. The maximum Gasteiger partial charge on any atom is 0.150 e. The summed E-state index contributed by atoms with van der Waals surface area (Å²) in [6.07, 6.45) is 16.4. The minimum atomic E-state index is 0.608. The van der Waals surface area contributed by atoms with Crippen LogP contribution in [0.3, 0.4) is 0 Å². The second-order valence-electron chi connectivity index (χ2n) is 6.70. The summed E-state index contributed by atoms with van der Waals surface area (Å²) in [5, 5.41) is 0. The third kappa shape index (κ3) is 6.60. The summed E-state index contributed by atoms with van der Waals surface area (Å²) in [7, 11) is 0. The third-order valence-electron chi connectivity index (χ3n) is 4.88. The van der Waals surface area contributed by atoms with Crippen molar-refractivity contribution in [2.45, 2.75) is 58.3 Å². The van der Waals surface area contributed by atoms with Crippen LogP contribution >= 0.6 is 0 Å². The number of hydrogen-bond donors (Lipinski definition) is 0. The lowest BCUT2D eigenvalue weighted by Crippen LogP contribution is -2.13. The highest BCUT2D eigenvalue weighted by Crippen LogP contribution is 2.32. The molecule has 1 aromatic carbocycles. The van der Waals surface area contributed by atoms with Crippen molar-refractivity contribution in [3.05, 3.63) is 42.0 Å². The molecule has 0 radical (unpaired) electrons. The van der Waals surface area contributed by atoms with Gasteiger partial charge in [-0.25, -0.2) is 0 Å². The molecule has 0 N–H and O–H groups in total. The molecule has 2 rings (SSSR count). The molecule has 1 aliphatic rings. The van der Waals surface area contributed by atoms with Crippen molar-refractivity contribution in [3.63, 3.8) is 0 Å². The molecule has 126 valence electrons. The number of allylic oxidation sites excluding steroid dienone is 1. The highest BCUT2D eigenvalue weighted by Gasteiger charge is 2.18. The van der Waals surface area contributed by atoms with Crippen molar-refractivity contribution in [3.8, 4) is 5.75 Å². The second kappa shape index (κ2) is 10.3. The van der Waals surface area contributed by atoms with Gasteiger partial charge in [0.2, 0.25) is 0 Å². The van der Waals surface area contributed by atoms with Gasteiger partial charge in [0.05, 0.1) is 0 Å². The van der Waals surface area contributed by atoms with Gasteiger partial charge < -0.3 is 4.74 Å². The van der Waals surface area contributed by atoms with Gasteiger partial charge >= 0.3 is 0 Å². The molecule has 0 heterocycles. The zero-order valence-corrected chi connectivity index (χ0v) is 14.4. The number of benzene rings is 1. The number of ether oxygens (including phenoxy) is 1. The summed E-state index contributed by atoms with van der Waals surface area (Å²) >= 11 is 0. The average molecular weight is 314 g/mol. The first kappa shape index (κ1) is 17.8. The zero-order chi connectivity index (χ0) is 16.3. The van der Waals surface area contributed by atoms with E-state index < -0.39 is 0 Å². The number of aldehydes is 1.